The van der Waals surface area contributed by atoms with E-state index >= 15 is 0 Å². The van der Waals surface area contributed by atoms with Crippen molar-refractivity contribution in [2.75, 3.05) is 6.61 Å². The van der Waals surface area contributed by atoms with Gasteiger partial charge in [-0.15, -0.1) is 0 Å². The summed E-state index contributed by atoms with van der Waals surface area (Å²) in [4.78, 5) is 14.7. The van der Waals surface area contributed by atoms with E-state index in [4.69, 9.17) is 10.4 Å². The van der Waals surface area contributed by atoms with Crippen LogP contribution in [-0.2, 0) is 0 Å². The van der Waals surface area contributed by atoms with Gasteiger partial charge in [0.05, 0.1) is 0 Å². The number of carbonyl (C=O) groups is 1. The van der Waals surface area contributed by atoms with E-state index in [0.29, 0.717) is 17.3 Å². The van der Waals surface area contributed by atoms with E-state index in [-0.39, 0.29) is 18.6 Å². The van der Waals surface area contributed by atoms with Crippen LogP contribution >= 0.6 is 0 Å². The number of hydrogen-bond donors (Lipinski definition) is 3. The molecule has 18 heavy (non-hydrogen) atoms. The molecule has 1 aliphatic rings. The van der Waals surface area contributed by atoms with Gasteiger partial charge in [0.25, 0.3) is 5.91 Å². The largest absolute Gasteiger partial charge is 0.396 e. The molecule has 0 spiro atoms. The summed E-state index contributed by atoms with van der Waals surface area (Å²) in [5.41, 5.74) is 0.819. The van der Waals surface area contributed by atoms with E-state index in [1.165, 1.54) is 0 Å². The summed E-state index contributed by atoms with van der Waals surface area (Å²) in [5.74, 6) is 0.220. The molecule has 1 aromatic heterocycles. The molecule has 0 radical (unpaired) electrons. The molecule has 1 amide bonds. The minimum absolute atomic E-state index is 0.163. The second-order valence-corrected chi connectivity index (χ2v) is 4.77. The number of rotatable bonds is 3. The number of carbonyl (C=O) groups excluding carboxylic acids is 1. The van der Waals surface area contributed by atoms with Gasteiger partial charge in [-0.05, 0) is 43.7 Å². The van der Waals surface area contributed by atoms with Crippen LogP contribution in [0.5, 0.6) is 0 Å². The van der Waals surface area contributed by atoms with Crippen LogP contribution in [0.2, 0.25) is 0 Å². The Labute approximate surface area is 106 Å². The number of aromatic nitrogens is 1. The zero-order valence-electron chi connectivity index (χ0n) is 10.1. The number of H-pyrrole nitrogens is 1. The molecule has 0 aliphatic heterocycles. The lowest BCUT2D eigenvalue weighted by atomic mass is 9.86. The van der Waals surface area contributed by atoms with Gasteiger partial charge in [-0.25, -0.2) is 0 Å². The summed E-state index contributed by atoms with van der Waals surface area (Å²) in [6.45, 7) is 0.239. The molecule has 5 heteroatoms. The van der Waals surface area contributed by atoms with Crippen molar-refractivity contribution in [2.45, 2.75) is 31.7 Å². The molecule has 1 fully saturated rings. The predicted molar refractivity (Wildman–Crippen MR) is 65.8 cm³/mol. The Morgan fingerprint density at radius 2 is 2.17 bits per heavy atom. The van der Waals surface area contributed by atoms with Crippen LogP contribution in [0, 0.1) is 17.2 Å². The smallest absolute Gasteiger partial charge is 0.267 e. The summed E-state index contributed by atoms with van der Waals surface area (Å²) in [6, 6.07) is 5.34. The van der Waals surface area contributed by atoms with Gasteiger partial charge in [0.15, 0.2) is 0 Å². The lowest BCUT2D eigenvalue weighted by Crippen LogP contribution is -2.38. The van der Waals surface area contributed by atoms with Gasteiger partial charge in [0.1, 0.15) is 17.5 Å². The van der Waals surface area contributed by atoms with Crippen LogP contribution in [0.15, 0.2) is 12.1 Å². The van der Waals surface area contributed by atoms with Crippen molar-refractivity contribution in [3.05, 3.63) is 23.5 Å². The lowest BCUT2D eigenvalue weighted by molar-refractivity contribution is 0.0909. The van der Waals surface area contributed by atoms with Gasteiger partial charge in [-0.2, -0.15) is 5.26 Å². The predicted octanol–water partition coefficient (Wildman–Crippen LogP) is 1.17. The normalized spacial score (nSPS) is 23.3. The third-order valence-electron chi connectivity index (χ3n) is 3.49. The summed E-state index contributed by atoms with van der Waals surface area (Å²) >= 11 is 0. The molecular formula is C13H17N3O2. The summed E-state index contributed by atoms with van der Waals surface area (Å²) < 4.78 is 0. The molecule has 3 N–H and O–H groups in total. The summed E-state index contributed by atoms with van der Waals surface area (Å²) in [5, 5.41) is 20.7. The molecule has 1 saturated carbocycles. The SMILES string of the molecule is N#Cc1ccc(C(=O)NC2CCC(CO)CC2)[nH]1. The number of nitriles is 1. The lowest BCUT2D eigenvalue weighted by Gasteiger charge is -2.27. The van der Waals surface area contributed by atoms with Gasteiger partial charge in [-0.3, -0.25) is 4.79 Å². The molecule has 2 rings (SSSR count). The van der Waals surface area contributed by atoms with E-state index < -0.39 is 0 Å². The Kier molecular flexibility index (Phi) is 4.00. The standard InChI is InChI=1S/C13H17N3O2/c14-7-11-5-6-12(15-11)13(18)16-10-3-1-9(8-17)2-4-10/h5-6,9-10,15,17H,1-4,8H2,(H,16,18). The average Bonchev–Trinajstić information content (AvgIpc) is 2.88. The Hall–Kier alpha value is -1.80. The fraction of sp³-hybridized carbons (Fsp3) is 0.538. The minimum Gasteiger partial charge on any atom is -0.396 e. The topological polar surface area (TPSA) is 88.9 Å². The molecule has 1 heterocycles. The second kappa shape index (κ2) is 5.69. The van der Waals surface area contributed by atoms with Crippen LogP contribution in [0.25, 0.3) is 0 Å². The van der Waals surface area contributed by atoms with E-state index in [1.54, 1.807) is 12.1 Å². The number of amides is 1. The molecule has 96 valence electrons. The highest BCUT2D eigenvalue weighted by Crippen LogP contribution is 2.23. The molecule has 0 aromatic carbocycles. The summed E-state index contributed by atoms with van der Waals surface area (Å²) in [6.07, 6.45) is 3.72. The van der Waals surface area contributed by atoms with Gasteiger partial charge in [-0.1, -0.05) is 0 Å². The maximum Gasteiger partial charge on any atom is 0.267 e. The summed E-state index contributed by atoms with van der Waals surface area (Å²) in [7, 11) is 0. The Morgan fingerprint density at radius 1 is 1.44 bits per heavy atom. The molecule has 0 unspecified atom stereocenters. The van der Waals surface area contributed by atoms with Crippen molar-refractivity contribution < 1.29 is 9.90 Å². The quantitative estimate of drug-likeness (QED) is 0.749. The Morgan fingerprint density at radius 3 is 2.72 bits per heavy atom. The van der Waals surface area contributed by atoms with E-state index in [9.17, 15) is 4.79 Å². The molecule has 1 aromatic rings. The zero-order chi connectivity index (χ0) is 13.0. The number of aromatic amines is 1. The van der Waals surface area contributed by atoms with Crippen LogP contribution < -0.4 is 5.32 Å². The first-order valence-corrected chi connectivity index (χ1v) is 6.23. The van der Waals surface area contributed by atoms with Crippen LogP contribution in [0.1, 0.15) is 41.9 Å². The van der Waals surface area contributed by atoms with Crippen molar-refractivity contribution in [2.24, 2.45) is 5.92 Å². The van der Waals surface area contributed by atoms with Gasteiger partial charge < -0.3 is 15.4 Å². The highest BCUT2D eigenvalue weighted by atomic mass is 16.3. The van der Waals surface area contributed by atoms with E-state index in [1.807, 2.05) is 6.07 Å². The zero-order valence-corrected chi connectivity index (χ0v) is 10.1. The van der Waals surface area contributed by atoms with Crippen molar-refractivity contribution in [3.63, 3.8) is 0 Å². The van der Waals surface area contributed by atoms with Gasteiger partial charge in [0.2, 0.25) is 0 Å². The van der Waals surface area contributed by atoms with Crippen LogP contribution in [0.4, 0.5) is 0 Å². The Balaban J connectivity index is 1.87. The van der Waals surface area contributed by atoms with E-state index in [0.717, 1.165) is 25.7 Å². The molecule has 1 aliphatic carbocycles. The van der Waals surface area contributed by atoms with Gasteiger partial charge >= 0.3 is 0 Å². The average molecular weight is 247 g/mol. The fourth-order valence-electron chi connectivity index (χ4n) is 2.35. The molecular weight excluding hydrogens is 230 g/mol. The van der Waals surface area contributed by atoms with Crippen molar-refractivity contribution in [1.29, 1.82) is 5.26 Å². The van der Waals surface area contributed by atoms with Crippen molar-refractivity contribution in [3.8, 4) is 6.07 Å². The van der Waals surface area contributed by atoms with Crippen LogP contribution in [0.3, 0.4) is 0 Å². The number of hydrogen-bond acceptors (Lipinski definition) is 3. The second-order valence-electron chi connectivity index (χ2n) is 4.77. The van der Waals surface area contributed by atoms with Crippen molar-refractivity contribution in [1.82, 2.24) is 10.3 Å². The van der Waals surface area contributed by atoms with E-state index in [2.05, 4.69) is 10.3 Å². The Bertz CT molecular complexity index is 453. The van der Waals surface area contributed by atoms with Crippen molar-refractivity contribution >= 4 is 5.91 Å². The number of nitrogens with one attached hydrogen (secondary N) is 2. The number of aliphatic hydroxyl groups excluding tert-OH is 1. The third-order valence-corrected chi connectivity index (χ3v) is 3.49. The maximum atomic E-state index is 11.9. The molecule has 0 atom stereocenters. The number of nitrogens with zero attached hydrogens (tertiary/aromatic N) is 1. The molecule has 0 bridgehead atoms. The molecule has 0 saturated heterocycles. The highest BCUT2D eigenvalue weighted by Gasteiger charge is 2.22. The maximum absolute atomic E-state index is 11.9. The first-order valence-electron chi connectivity index (χ1n) is 6.23. The fourth-order valence-corrected chi connectivity index (χ4v) is 2.35. The monoisotopic (exact) mass is 247 g/mol. The first-order chi connectivity index (χ1) is 8.72. The highest BCUT2D eigenvalue weighted by molar-refractivity contribution is 5.92. The molecule has 5 nitrogen and oxygen atoms in total. The number of aliphatic hydroxyl groups is 1. The minimum atomic E-state index is -0.163. The first kappa shape index (κ1) is 12.7. The van der Waals surface area contributed by atoms with Gasteiger partial charge in [0, 0.05) is 12.6 Å². The van der Waals surface area contributed by atoms with Crippen LogP contribution in [-0.4, -0.2) is 28.6 Å². The third kappa shape index (κ3) is 2.90.